The Bertz CT molecular complexity index is 707. The molecule has 21 heavy (non-hydrogen) atoms. The van der Waals surface area contributed by atoms with Crippen molar-refractivity contribution in [3.05, 3.63) is 45.2 Å². The number of anilines is 1. The molecule has 6 nitrogen and oxygen atoms in total. The topological polar surface area (TPSA) is 98.3 Å². The van der Waals surface area contributed by atoms with Crippen LogP contribution in [0.15, 0.2) is 18.2 Å². The minimum Gasteiger partial charge on any atom is -0.486 e. The minimum atomic E-state index is -1.15. The lowest BCUT2D eigenvalue weighted by atomic mass is 10.1. The molecule has 3 N–H and O–H groups in total. The molecule has 0 aliphatic heterocycles. The molecule has 0 fully saturated rings. The highest BCUT2D eigenvalue weighted by atomic mass is 35.5. The van der Waals surface area contributed by atoms with E-state index in [0.717, 1.165) is 0 Å². The van der Waals surface area contributed by atoms with Gasteiger partial charge in [-0.25, -0.2) is 14.8 Å². The van der Waals surface area contributed by atoms with E-state index in [1.807, 2.05) is 0 Å². The number of carbonyl (C=O) groups is 1. The maximum atomic E-state index is 11.3. The molecule has 0 saturated heterocycles. The Kier molecular flexibility index (Phi) is 4.50. The SMILES string of the molecule is Cc1nc(N)nc(COc2ccc(Cl)cc2Cl)c1C(=O)O. The number of carboxylic acid groups (broad SMARTS) is 1. The van der Waals surface area contributed by atoms with Gasteiger partial charge in [-0.3, -0.25) is 0 Å². The Morgan fingerprint density at radius 1 is 1.38 bits per heavy atom. The van der Waals surface area contributed by atoms with Gasteiger partial charge in [-0.05, 0) is 25.1 Å². The first-order valence-electron chi connectivity index (χ1n) is 5.82. The molecule has 8 heteroatoms. The Balaban J connectivity index is 2.29. The average Bonchev–Trinajstić information content (AvgIpc) is 2.36. The lowest BCUT2D eigenvalue weighted by molar-refractivity contribution is 0.0692. The molecule has 0 aliphatic carbocycles. The van der Waals surface area contributed by atoms with Gasteiger partial charge in [-0.2, -0.15) is 0 Å². The number of rotatable bonds is 4. The van der Waals surface area contributed by atoms with Gasteiger partial charge < -0.3 is 15.6 Å². The van der Waals surface area contributed by atoms with E-state index in [0.29, 0.717) is 15.8 Å². The highest BCUT2D eigenvalue weighted by Gasteiger charge is 2.18. The zero-order chi connectivity index (χ0) is 15.6. The molecule has 110 valence electrons. The molecule has 0 bridgehead atoms. The Morgan fingerprint density at radius 2 is 2.10 bits per heavy atom. The van der Waals surface area contributed by atoms with Crippen LogP contribution >= 0.6 is 23.2 Å². The zero-order valence-electron chi connectivity index (χ0n) is 10.9. The molecule has 2 rings (SSSR count). The van der Waals surface area contributed by atoms with Gasteiger partial charge in [0.25, 0.3) is 0 Å². The van der Waals surface area contributed by atoms with Crippen LogP contribution in [0, 0.1) is 6.92 Å². The zero-order valence-corrected chi connectivity index (χ0v) is 12.4. The lowest BCUT2D eigenvalue weighted by Crippen LogP contribution is -2.14. The van der Waals surface area contributed by atoms with Crippen LogP contribution in [-0.2, 0) is 6.61 Å². The van der Waals surface area contributed by atoms with E-state index in [-0.39, 0.29) is 29.5 Å². The largest absolute Gasteiger partial charge is 0.486 e. The van der Waals surface area contributed by atoms with E-state index in [4.69, 9.17) is 33.7 Å². The second kappa shape index (κ2) is 6.15. The van der Waals surface area contributed by atoms with Gasteiger partial charge in [0.2, 0.25) is 5.95 Å². The molecule has 0 amide bonds. The van der Waals surface area contributed by atoms with Crippen LogP contribution in [0.1, 0.15) is 21.7 Å². The maximum Gasteiger partial charge on any atom is 0.339 e. The van der Waals surface area contributed by atoms with Gasteiger partial charge in [-0.1, -0.05) is 23.2 Å². The van der Waals surface area contributed by atoms with Crippen molar-refractivity contribution in [3.63, 3.8) is 0 Å². The fraction of sp³-hybridized carbons (Fsp3) is 0.154. The van der Waals surface area contributed by atoms with Crippen molar-refractivity contribution in [1.29, 1.82) is 0 Å². The van der Waals surface area contributed by atoms with Crippen molar-refractivity contribution in [1.82, 2.24) is 9.97 Å². The van der Waals surface area contributed by atoms with Crippen molar-refractivity contribution >= 4 is 35.1 Å². The standard InChI is InChI=1S/C13H11Cl2N3O3/c1-6-11(12(19)20)9(18-13(16)17-6)5-21-10-3-2-7(14)4-8(10)15/h2-4H,5H2,1H3,(H,19,20)(H2,16,17,18). The quantitative estimate of drug-likeness (QED) is 0.895. The molecule has 0 saturated carbocycles. The number of hydrogen-bond acceptors (Lipinski definition) is 5. The molecule has 1 aromatic heterocycles. The molecule has 0 radical (unpaired) electrons. The first kappa shape index (κ1) is 15.3. The summed E-state index contributed by atoms with van der Waals surface area (Å²) in [4.78, 5) is 19.0. The van der Waals surface area contributed by atoms with Gasteiger partial charge >= 0.3 is 5.97 Å². The van der Waals surface area contributed by atoms with Gasteiger partial charge in [0.1, 0.15) is 17.9 Å². The van der Waals surface area contributed by atoms with Gasteiger partial charge in [0.15, 0.2) is 0 Å². The number of nitrogens with zero attached hydrogens (tertiary/aromatic N) is 2. The third-order valence-electron chi connectivity index (χ3n) is 2.65. The number of aryl methyl sites for hydroxylation is 1. The first-order valence-corrected chi connectivity index (χ1v) is 6.58. The second-order valence-corrected chi connectivity index (χ2v) is 5.00. The fourth-order valence-electron chi connectivity index (χ4n) is 1.78. The number of carboxylic acids is 1. The Morgan fingerprint density at radius 3 is 2.71 bits per heavy atom. The van der Waals surface area contributed by atoms with Crippen molar-refractivity contribution < 1.29 is 14.6 Å². The van der Waals surface area contributed by atoms with E-state index >= 15 is 0 Å². The number of nitrogens with two attached hydrogens (primary N) is 1. The summed E-state index contributed by atoms with van der Waals surface area (Å²) >= 11 is 11.8. The molecule has 0 unspecified atom stereocenters. The summed E-state index contributed by atoms with van der Waals surface area (Å²) < 4.78 is 5.48. The highest BCUT2D eigenvalue weighted by Crippen LogP contribution is 2.28. The number of halogens is 2. The van der Waals surface area contributed by atoms with Gasteiger partial charge in [0, 0.05) is 5.02 Å². The molecule has 1 heterocycles. The van der Waals surface area contributed by atoms with Crippen LogP contribution in [0.25, 0.3) is 0 Å². The average molecular weight is 328 g/mol. The number of aromatic nitrogens is 2. The Hall–Kier alpha value is -2.05. The van der Waals surface area contributed by atoms with E-state index in [9.17, 15) is 9.90 Å². The number of aromatic carboxylic acids is 1. The van der Waals surface area contributed by atoms with E-state index < -0.39 is 5.97 Å². The van der Waals surface area contributed by atoms with Crippen LogP contribution in [0.4, 0.5) is 5.95 Å². The monoisotopic (exact) mass is 327 g/mol. The summed E-state index contributed by atoms with van der Waals surface area (Å²) in [6.07, 6.45) is 0. The third-order valence-corrected chi connectivity index (χ3v) is 3.18. The fourth-order valence-corrected chi connectivity index (χ4v) is 2.24. The molecule has 0 spiro atoms. The summed E-state index contributed by atoms with van der Waals surface area (Å²) in [5, 5.41) is 10.00. The smallest absolute Gasteiger partial charge is 0.339 e. The predicted molar refractivity (Wildman–Crippen MR) is 78.9 cm³/mol. The van der Waals surface area contributed by atoms with Crippen molar-refractivity contribution in [2.45, 2.75) is 13.5 Å². The van der Waals surface area contributed by atoms with Crippen LogP contribution in [0.3, 0.4) is 0 Å². The van der Waals surface area contributed by atoms with Crippen LogP contribution < -0.4 is 10.5 Å². The molecule has 1 aromatic carbocycles. The first-order chi connectivity index (χ1) is 9.88. The highest BCUT2D eigenvalue weighted by molar-refractivity contribution is 6.35. The number of hydrogen-bond donors (Lipinski definition) is 2. The van der Waals surface area contributed by atoms with E-state index in [2.05, 4.69) is 9.97 Å². The number of ether oxygens (including phenoxy) is 1. The van der Waals surface area contributed by atoms with Crippen molar-refractivity contribution in [2.24, 2.45) is 0 Å². The molecular formula is C13H11Cl2N3O3. The summed E-state index contributed by atoms with van der Waals surface area (Å²) in [5.74, 6) is -0.793. The summed E-state index contributed by atoms with van der Waals surface area (Å²) in [6.45, 7) is 1.44. The number of nitrogen functional groups attached to an aromatic ring is 1. The summed E-state index contributed by atoms with van der Waals surface area (Å²) in [7, 11) is 0. The minimum absolute atomic E-state index is 0.0155. The maximum absolute atomic E-state index is 11.3. The normalized spacial score (nSPS) is 10.4. The van der Waals surface area contributed by atoms with Crippen LogP contribution in [0.2, 0.25) is 10.0 Å². The second-order valence-electron chi connectivity index (χ2n) is 4.16. The van der Waals surface area contributed by atoms with Gasteiger partial charge in [-0.15, -0.1) is 0 Å². The van der Waals surface area contributed by atoms with Crippen molar-refractivity contribution in [3.8, 4) is 5.75 Å². The molecular weight excluding hydrogens is 317 g/mol. The van der Waals surface area contributed by atoms with Crippen LogP contribution in [0.5, 0.6) is 5.75 Å². The predicted octanol–water partition coefficient (Wildman–Crippen LogP) is 2.95. The third kappa shape index (κ3) is 3.53. The van der Waals surface area contributed by atoms with Crippen LogP contribution in [-0.4, -0.2) is 21.0 Å². The van der Waals surface area contributed by atoms with E-state index in [1.54, 1.807) is 19.1 Å². The lowest BCUT2D eigenvalue weighted by Gasteiger charge is -2.11. The molecule has 2 aromatic rings. The molecule has 0 aliphatic rings. The van der Waals surface area contributed by atoms with Crippen molar-refractivity contribution in [2.75, 3.05) is 5.73 Å². The number of benzene rings is 1. The van der Waals surface area contributed by atoms with E-state index in [1.165, 1.54) is 6.07 Å². The summed E-state index contributed by atoms with van der Waals surface area (Å²) in [6, 6.07) is 4.72. The molecule has 0 atom stereocenters. The Labute approximate surface area is 130 Å². The summed E-state index contributed by atoms with van der Waals surface area (Å²) in [5.41, 5.74) is 5.95. The van der Waals surface area contributed by atoms with Gasteiger partial charge in [0.05, 0.1) is 16.4 Å².